The molecule has 2 aromatic carbocycles. The third-order valence-corrected chi connectivity index (χ3v) is 3.25. The van der Waals surface area contributed by atoms with Gasteiger partial charge >= 0.3 is 0 Å². The van der Waals surface area contributed by atoms with E-state index in [9.17, 15) is 5.11 Å². The average molecular weight is 262 g/mol. The Kier molecular flexibility index (Phi) is 4.37. The van der Waals surface area contributed by atoms with Crippen molar-refractivity contribution in [1.82, 2.24) is 5.32 Å². The highest BCUT2D eigenvalue weighted by Crippen LogP contribution is 2.27. The first kappa shape index (κ1) is 13.1. The van der Waals surface area contributed by atoms with Crippen molar-refractivity contribution in [3.05, 3.63) is 70.2 Å². The molecule has 0 bridgehead atoms. The number of nitrogens with one attached hydrogen (secondary N) is 1. The number of halogens is 1. The van der Waals surface area contributed by atoms with Gasteiger partial charge in [0, 0.05) is 5.02 Å². The summed E-state index contributed by atoms with van der Waals surface area (Å²) >= 11 is 6.05. The van der Waals surface area contributed by atoms with E-state index in [1.807, 2.05) is 37.4 Å². The van der Waals surface area contributed by atoms with E-state index >= 15 is 0 Å². The van der Waals surface area contributed by atoms with Crippen molar-refractivity contribution >= 4 is 11.6 Å². The molecule has 0 radical (unpaired) electrons. The van der Waals surface area contributed by atoms with E-state index in [0.29, 0.717) is 5.02 Å². The minimum atomic E-state index is 0.0114. The normalized spacial score (nSPS) is 12.4. The Balaban J connectivity index is 2.48. The minimum Gasteiger partial charge on any atom is -0.392 e. The maximum absolute atomic E-state index is 9.43. The summed E-state index contributed by atoms with van der Waals surface area (Å²) in [5, 5.41) is 13.4. The molecule has 0 aliphatic carbocycles. The van der Waals surface area contributed by atoms with Crippen LogP contribution in [0.1, 0.15) is 22.7 Å². The van der Waals surface area contributed by atoms with E-state index in [4.69, 9.17) is 11.6 Å². The smallest absolute Gasteiger partial charge is 0.0685 e. The monoisotopic (exact) mass is 261 g/mol. The molecule has 2 N–H and O–H groups in total. The molecule has 0 spiro atoms. The fourth-order valence-electron chi connectivity index (χ4n) is 2.13. The first-order valence-corrected chi connectivity index (χ1v) is 6.25. The molecule has 18 heavy (non-hydrogen) atoms. The van der Waals surface area contributed by atoms with Crippen molar-refractivity contribution in [2.45, 2.75) is 12.6 Å². The Bertz CT molecular complexity index is 513. The Labute approximate surface area is 112 Å². The zero-order chi connectivity index (χ0) is 13.0. The fraction of sp³-hybridized carbons (Fsp3) is 0.200. The number of rotatable bonds is 4. The number of aliphatic hydroxyl groups is 1. The summed E-state index contributed by atoms with van der Waals surface area (Å²) in [6, 6.07) is 15.7. The molecular formula is C15H16ClNO. The number of hydrogen-bond acceptors (Lipinski definition) is 2. The van der Waals surface area contributed by atoms with Gasteiger partial charge in [0.05, 0.1) is 12.6 Å². The summed E-state index contributed by atoms with van der Waals surface area (Å²) in [4.78, 5) is 0. The van der Waals surface area contributed by atoms with Gasteiger partial charge in [-0.3, -0.25) is 0 Å². The number of aliphatic hydroxyl groups excluding tert-OH is 1. The van der Waals surface area contributed by atoms with E-state index in [-0.39, 0.29) is 12.6 Å². The first-order valence-electron chi connectivity index (χ1n) is 5.87. The van der Waals surface area contributed by atoms with E-state index in [1.54, 1.807) is 6.07 Å². The van der Waals surface area contributed by atoms with E-state index in [0.717, 1.165) is 16.7 Å². The van der Waals surface area contributed by atoms with Gasteiger partial charge in [-0.05, 0) is 35.9 Å². The highest BCUT2D eigenvalue weighted by molar-refractivity contribution is 6.30. The summed E-state index contributed by atoms with van der Waals surface area (Å²) < 4.78 is 0. The predicted octanol–water partition coefficient (Wildman–Crippen LogP) is 3.14. The van der Waals surface area contributed by atoms with Crippen LogP contribution in [-0.2, 0) is 6.61 Å². The van der Waals surface area contributed by atoms with Crippen molar-refractivity contribution < 1.29 is 5.11 Å². The molecule has 0 aliphatic rings. The summed E-state index contributed by atoms with van der Waals surface area (Å²) in [6.45, 7) is 0.0114. The van der Waals surface area contributed by atoms with Crippen molar-refractivity contribution in [3.8, 4) is 0 Å². The second-order valence-corrected chi connectivity index (χ2v) is 4.57. The molecule has 0 saturated carbocycles. The molecule has 2 nitrogen and oxygen atoms in total. The first-order chi connectivity index (χ1) is 8.76. The zero-order valence-electron chi connectivity index (χ0n) is 10.2. The van der Waals surface area contributed by atoms with Crippen molar-refractivity contribution in [2.24, 2.45) is 0 Å². The Morgan fingerprint density at radius 2 is 1.89 bits per heavy atom. The summed E-state index contributed by atoms with van der Waals surface area (Å²) in [5.74, 6) is 0. The van der Waals surface area contributed by atoms with Gasteiger partial charge in [-0.1, -0.05) is 48.0 Å². The van der Waals surface area contributed by atoms with Gasteiger partial charge in [-0.25, -0.2) is 0 Å². The fourth-order valence-corrected chi connectivity index (χ4v) is 2.31. The van der Waals surface area contributed by atoms with Crippen molar-refractivity contribution in [1.29, 1.82) is 0 Å². The second kappa shape index (κ2) is 6.01. The van der Waals surface area contributed by atoms with Crippen molar-refractivity contribution in [2.75, 3.05) is 7.05 Å². The topological polar surface area (TPSA) is 32.3 Å². The van der Waals surface area contributed by atoms with Gasteiger partial charge in [0.25, 0.3) is 0 Å². The highest BCUT2D eigenvalue weighted by Gasteiger charge is 2.15. The van der Waals surface area contributed by atoms with Crippen LogP contribution in [0.2, 0.25) is 5.02 Å². The van der Waals surface area contributed by atoms with Crippen LogP contribution in [0.25, 0.3) is 0 Å². The lowest BCUT2D eigenvalue weighted by Crippen LogP contribution is -2.19. The third-order valence-electron chi connectivity index (χ3n) is 3.01. The number of benzene rings is 2. The lowest BCUT2D eigenvalue weighted by Gasteiger charge is -2.20. The Morgan fingerprint density at radius 1 is 1.17 bits per heavy atom. The molecule has 1 atom stereocenters. The van der Waals surface area contributed by atoms with Gasteiger partial charge in [-0.2, -0.15) is 0 Å². The van der Waals surface area contributed by atoms with E-state index in [2.05, 4.69) is 17.4 Å². The molecule has 3 heteroatoms. The lowest BCUT2D eigenvalue weighted by molar-refractivity contribution is 0.280. The molecule has 2 aromatic rings. The maximum Gasteiger partial charge on any atom is 0.0685 e. The lowest BCUT2D eigenvalue weighted by atomic mass is 9.95. The third kappa shape index (κ3) is 2.72. The van der Waals surface area contributed by atoms with E-state index in [1.165, 1.54) is 0 Å². The van der Waals surface area contributed by atoms with Crippen LogP contribution in [0.5, 0.6) is 0 Å². The summed E-state index contributed by atoms with van der Waals surface area (Å²) in [5.41, 5.74) is 3.05. The predicted molar refractivity (Wildman–Crippen MR) is 74.7 cm³/mol. The molecule has 0 amide bonds. The Hall–Kier alpha value is -1.35. The quantitative estimate of drug-likeness (QED) is 0.886. The maximum atomic E-state index is 9.43. The SMILES string of the molecule is CNC(c1ccccc1)c1cc(Cl)ccc1CO. The molecule has 0 saturated heterocycles. The standard InChI is InChI=1S/C15H16ClNO/c1-17-15(11-5-3-2-4-6-11)14-9-13(16)8-7-12(14)10-18/h2-9,15,17-18H,10H2,1H3. The molecule has 0 fully saturated rings. The van der Waals surface area contributed by atoms with Gasteiger partial charge < -0.3 is 10.4 Å². The van der Waals surface area contributed by atoms with Crippen molar-refractivity contribution in [3.63, 3.8) is 0 Å². The minimum absolute atomic E-state index is 0.0114. The van der Waals surface area contributed by atoms with Crippen LogP contribution in [0.4, 0.5) is 0 Å². The van der Waals surface area contributed by atoms with Crippen LogP contribution in [-0.4, -0.2) is 12.2 Å². The molecule has 2 rings (SSSR count). The molecular weight excluding hydrogens is 246 g/mol. The van der Waals surface area contributed by atoms with Crippen LogP contribution in [0.15, 0.2) is 48.5 Å². The molecule has 0 aromatic heterocycles. The summed E-state index contributed by atoms with van der Waals surface area (Å²) in [6.07, 6.45) is 0. The van der Waals surface area contributed by atoms with Gasteiger partial charge in [0.2, 0.25) is 0 Å². The average Bonchev–Trinajstić information content (AvgIpc) is 2.41. The van der Waals surface area contributed by atoms with Crippen LogP contribution in [0, 0.1) is 0 Å². The van der Waals surface area contributed by atoms with E-state index < -0.39 is 0 Å². The van der Waals surface area contributed by atoms with Crippen LogP contribution in [0.3, 0.4) is 0 Å². The van der Waals surface area contributed by atoms with Gasteiger partial charge in [0.15, 0.2) is 0 Å². The summed E-state index contributed by atoms with van der Waals surface area (Å²) in [7, 11) is 1.90. The molecule has 0 aliphatic heterocycles. The van der Waals surface area contributed by atoms with Gasteiger partial charge in [-0.15, -0.1) is 0 Å². The zero-order valence-corrected chi connectivity index (χ0v) is 11.0. The van der Waals surface area contributed by atoms with Crippen LogP contribution >= 0.6 is 11.6 Å². The molecule has 0 heterocycles. The number of hydrogen-bond donors (Lipinski definition) is 2. The van der Waals surface area contributed by atoms with Gasteiger partial charge in [0.1, 0.15) is 0 Å². The second-order valence-electron chi connectivity index (χ2n) is 4.13. The highest BCUT2D eigenvalue weighted by atomic mass is 35.5. The molecule has 94 valence electrons. The Morgan fingerprint density at radius 3 is 2.50 bits per heavy atom. The molecule has 1 unspecified atom stereocenters. The van der Waals surface area contributed by atoms with Crippen LogP contribution < -0.4 is 5.32 Å². The largest absolute Gasteiger partial charge is 0.392 e.